The quantitative estimate of drug-likeness (QED) is 0.226. The van der Waals surface area contributed by atoms with Gasteiger partial charge in [0.15, 0.2) is 0 Å². The first-order valence-electron chi connectivity index (χ1n) is 11.5. The predicted molar refractivity (Wildman–Crippen MR) is 132 cm³/mol. The van der Waals surface area contributed by atoms with E-state index < -0.39 is 22.7 Å². The summed E-state index contributed by atoms with van der Waals surface area (Å²) in [5.41, 5.74) is 3.33. The molecule has 1 amide bonds. The lowest BCUT2D eigenvalue weighted by Gasteiger charge is -2.46. The van der Waals surface area contributed by atoms with E-state index in [1.165, 1.54) is 6.92 Å². The fraction of sp³-hybridized carbons (Fsp3) is 0.286. The van der Waals surface area contributed by atoms with Crippen molar-refractivity contribution in [2.24, 2.45) is 5.92 Å². The summed E-state index contributed by atoms with van der Waals surface area (Å²) in [7, 11) is 0. The Labute approximate surface area is 203 Å². The van der Waals surface area contributed by atoms with Gasteiger partial charge in [0.2, 0.25) is 5.91 Å². The van der Waals surface area contributed by atoms with Crippen LogP contribution in [0.1, 0.15) is 30.5 Å². The molecule has 5 atom stereocenters. The summed E-state index contributed by atoms with van der Waals surface area (Å²) in [6, 6.07) is 31.0. The highest BCUT2D eigenvalue weighted by Gasteiger charge is 2.58. The molecule has 3 aromatic carbocycles. The minimum Gasteiger partial charge on any atom is -0.459 e. The molecule has 3 aromatic rings. The Balaban J connectivity index is 1.60. The van der Waals surface area contributed by atoms with Crippen LogP contribution in [-0.2, 0) is 23.8 Å². The highest BCUT2D eigenvalue weighted by Crippen LogP contribution is 2.53. The van der Waals surface area contributed by atoms with Crippen molar-refractivity contribution in [2.45, 2.75) is 42.3 Å². The molecule has 0 radical (unpaired) electrons. The third-order valence-corrected chi connectivity index (χ3v) is 8.22. The lowest BCUT2D eigenvalue weighted by molar-refractivity contribution is -0.157. The van der Waals surface area contributed by atoms with Crippen molar-refractivity contribution >= 4 is 23.6 Å². The number of esters is 1. The maximum atomic E-state index is 12.8. The van der Waals surface area contributed by atoms with Crippen LogP contribution in [0.4, 0.5) is 0 Å². The van der Waals surface area contributed by atoms with Crippen LogP contribution in [0.2, 0.25) is 0 Å². The zero-order chi connectivity index (χ0) is 23.7. The molecular formula is C28H27NO4S. The number of rotatable bonds is 8. The Hall–Kier alpha value is -3.09. The van der Waals surface area contributed by atoms with Gasteiger partial charge in [0, 0.05) is 6.92 Å². The number of ether oxygens (including phenoxy) is 2. The molecule has 5 nitrogen and oxygen atoms in total. The summed E-state index contributed by atoms with van der Waals surface area (Å²) >= 11 is 1.67. The van der Waals surface area contributed by atoms with Crippen LogP contribution in [0.5, 0.6) is 0 Å². The van der Waals surface area contributed by atoms with Crippen molar-refractivity contribution in [3.8, 4) is 0 Å². The smallest absolute Gasteiger partial charge is 0.303 e. The fourth-order valence-electron chi connectivity index (χ4n) is 4.79. The summed E-state index contributed by atoms with van der Waals surface area (Å²) in [4.78, 5) is 24.7. The van der Waals surface area contributed by atoms with Crippen LogP contribution in [0, 0.1) is 5.92 Å². The van der Waals surface area contributed by atoms with Gasteiger partial charge in [-0.05, 0) is 23.6 Å². The third kappa shape index (κ3) is 4.12. The van der Waals surface area contributed by atoms with E-state index in [9.17, 15) is 9.59 Å². The minimum absolute atomic E-state index is 0.0365. The van der Waals surface area contributed by atoms with Crippen LogP contribution in [-0.4, -0.2) is 35.6 Å². The van der Waals surface area contributed by atoms with Crippen LogP contribution in [0.3, 0.4) is 0 Å². The van der Waals surface area contributed by atoms with Gasteiger partial charge in [0.1, 0.15) is 18.1 Å². The van der Waals surface area contributed by atoms with Gasteiger partial charge in [-0.15, -0.1) is 11.8 Å². The molecule has 2 aliphatic rings. The average molecular weight is 474 g/mol. The molecule has 2 saturated heterocycles. The summed E-state index contributed by atoms with van der Waals surface area (Å²) in [6.45, 7) is 3.31. The standard InChI is InChI=1S/C28H27NO4S/c1-18-24(32-18)25(33-19(2)30)23-26(31)29-27(23)34-28(20-12-6-3-7-13-20,21-14-8-4-9-15-21)22-16-10-5-11-17-22/h3-18,23-25,27H,1-2H3,(H,29,31)/t18?,23-,24?,25?,27+/m0/s1. The maximum Gasteiger partial charge on any atom is 0.303 e. The van der Waals surface area contributed by atoms with Gasteiger partial charge in [-0.2, -0.15) is 0 Å². The van der Waals surface area contributed by atoms with Gasteiger partial charge in [0.25, 0.3) is 0 Å². The molecule has 0 bridgehead atoms. The number of carbonyl (C=O) groups excluding carboxylic acids is 2. The van der Waals surface area contributed by atoms with Crippen molar-refractivity contribution in [3.63, 3.8) is 0 Å². The number of carbonyl (C=O) groups is 2. The third-order valence-electron chi connectivity index (χ3n) is 6.50. The Morgan fingerprint density at radius 3 is 1.71 bits per heavy atom. The molecule has 2 heterocycles. The number of hydrogen-bond acceptors (Lipinski definition) is 5. The van der Waals surface area contributed by atoms with Gasteiger partial charge in [-0.3, -0.25) is 9.59 Å². The normalized spacial score (nSPS) is 24.5. The second-order valence-electron chi connectivity index (χ2n) is 8.73. The van der Waals surface area contributed by atoms with Crippen LogP contribution < -0.4 is 5.32 Å². The van der Waals surface area contributed by atoms with Gasteiger partial charge in [-0.1, -0.05) is 91.0 Å². The summed E-state index contributed by atoms with van der Waals surface area (Å²) in [5.74, 6) is -1.02. The highest BCUT2D eigenvalue weighted by molar-refractivity contribution is 8.01. The Morgan fingerprint density at radius 1 is 0.912 bits per heavy atom. The lowest BCUT2D eigenvalue weighted by atomic mass is 9.84. The van der Waals surface area contributed by atoms with Crippen molar-refractivity contribution in [3.05, 3.63) is 108 Å². The lowest BCUT2D eigenvalue weighted by Crippen LogP contribution is -2.63. The number of benzene rings is 3. The second kappa shape index (κ2) is 9.28. The van der Waals surface area contributed by atoms with E-state index in [2.05, 4.69) is 41.7 Å². The van der Waals surface area contributed by atoms with E-state index in [4.69, 9.17) is 9.47 Å². The number of nitrogens with one attached hydrogen (secondary N) is 1. The molecule has 174 valence electrons. The summed E-state index contributed by atoms with van der Waals surface area (Å²) in [6.07, 6.45) is -0.910. The SMILES string of the molecule is CC(=O)OC(C1OC1C)[C@H]1C(=O)N[C@@H]1SC(c1ccccc1)(c1ccccc1)c1ccccc1. The van der Waals surface area contributed by atoms with E-state index in [1.54, 1.807) is 11.8 Å². The summed E-state index contributed by atoms with van der Waals surface area (Å²) in [5, 5.41) is 2.82. The molecule has 0 aliphatic carbocycles. The molecule has 0 saturated carbocycles. The molecule has 0 aromatic heterocycles. The first-order chi connectivity index (χ1) is 16.5. The van der Waals surface area contributed by atoms with Gasteiger partial charge >= 0.3 is 5.97 Å². The number of amides is 1. The van der Waals surface area contributed by atoms with Gasteiger partial charge < -0.3 is 14.8 Å². The topological polar surface area (TPSA) is 67.9 Å². The molecule has 34 heavy (non-hydrogen) atoms. The van der Waals surface area contributed by atoms with E-state index >= 15 is 0 Å². The zero-order valence-corrected chi connectivity index (χ0v) is 19.9. The molecule has 3 unspecified atom stereocenters. The molecular weight excluding hydrogens is 446 g/mol. The van der Waals surface area contributed by atoms with Gasteiger partial charge in [-0.25, -0.2) is 0 Å². The fourth-order valence-corrected chi connectivity index (χ4v) is 6.59. The monoisotopic (exact) mass is 473 g/mol. The summed E-state index contributed by atoms with van der Waals surface area (Å²) < 4.78 is 10.7. The van der Waals surface area contributed by atoms with E-state index in [-0.39, 0.29) is 23.5 Å². The molecule has 2 fully saturated rings. The minimum atomic E-state index is -0.612. The first kappa shape index (κ1) is 22.7. The number of hydrogen-bond donors (Lipinski definition) is 1. The number of thioether (sulfide) groups is 1. The number of β-lactam (4-membered cyclic amide) rings is 1. The van der Waals surface area contributed by atoms with Gasteiger partial charge in [0.05, 0.1) is 16.2 Å². The average Bonchev–Trinajstić information content (AvgIpc) is 3.59. The largest absolute Gasteiger partial charge is 0.459 e. The van der Waals surface area contributed by atoms with Crippen molar-refractivity contribution in [1.29, 1.82) is 0 Å². The molecule has 2 aliphatic heterocycles. The maximum absolute atomic E-state index is 12.8. The Morgan fingerprint density at radius 2 is 1.35 bits per heavy atom. The predicted octanol–water partition coefficient (Wildman–Crippen LogP) is 4.50. The van der Waals surface area contributed by atoms with Crippen molar-refractivity contribution < 1.29 is 19.1 Å². The molecule has 0 spiro atoms. The highest BCUT2D eigenvalue weighted by atomic mass is 32.2. The van der Waals surface area contributed by atoms with E-state index in [0.29, 0.717) is 0 Å². The molecule has 1 N–H and O–H groups in total. The van der Waals surface area contributed by atoms with Crippen LogP contribution >= 0.6 is 11.8 Å². The number of epoxide rings is 1. The zero-order valence-electron chi connectivity index (χ0n) is 19.1. The first-order valence-corrected chi connectivity index (χ1v) is 12.4. The Kier molecular flexibility index (Phi) is 6.19. The van der Waals surface area contributed by atoms with E-state index in [1.807, 2.05) is 61.5 Å². The van der Waals surface area contributed by atoms with E-state index in [0.717, 1.165) is 16.7 Å². The van der Waals surface area contributed by atoms with Crippen molar-refractivity contribution in [2.75, 3.05) is 0 Å². The van der Waals surface area contributed by atoms with Crippen LogP contribution in [0.25, 0.3) is 0 Å². The Bertz CT molecular complexity index is 1060. The second-order valence-corrected chi connectivity index (χ2v) is 10.1. The molecule has 5 rings (SSSR count). The van der Waals surface area contributed by atoms with Crippen molar-refractivity contribution in [1.82, 2.24) is 5.32 Å². The molecule has 6 heteroatoms. The van der Waals surface area contributed by atoms with Crippen LogP contribution in [0.15, 0.2) is 91.0 Å².